The van der Waals surface area contributed by atoms with Crippen molar-refractivity contribution in [2.75, 3.05) is 0 Å². The first kappa shape index (κ1) is 15.3. The Kier molecular flexibility index (Phi) is 4.09. The van der Waals surface area contributed by atoms with Crippen LogP contribution >= 0.6 is 0 Å². The SMILES string of the molecule is CC(C)c1nc(CNC2(C)CCC2)ccc1C(F)(F)F. The fourth-order valence-electron chi connectivity index (χ4n) is 2.48. The molecule has 112 valence electrons. The molecule has 1 N–H and O–H groups in total. The van der Waals surface area contributed by atoms with E-state index in [0.717, 1.165) is 18.9 Å². The number of nitrogens with zero attached hydrogens (tertiary/aromatic N) is 1. The zero-order valence-corrected chi connectivity index (χ0v) is 12.1. The molecule has 0 saturated heterocycles. The molecule has 1 aromatic heterocycles. The van der Waals surface area contributed by atoms with Gasteiger partial charge in [0.05, 0.1) is 17.0 Å². The molecule has 5 heteroatoms. The van der Waals surface area contributed by atoms with Gasteiger partial charge < -0.3 is 5.32 Å². The van der Waals surface area contributed by atoms with Gasteiger partial charge in [-0.1, -0.05) is 13.8 Å². The van der Waals surface area contributed by atoms with Gasteiger partial charge in [-0.2, -0.15) is 13.2 Å². The Morgan fingerprint density at radius 1 is 1.30 bits per heavy atom. The van der Waals surface area contributed by atoms with E-state index in [1.54, 1.807) is 13.8 Å². The average molecular weight is 286 g/mol. The number of nitrogens with one attached hydrogen (secondary N) is 1. The number of hydrogen-bond donors (Lipinski definition) is 1. The smallest absolute Gasteiger partial charge is 0.306 e. The number of halogens is 3. The van der Waals surface area contributed by atoms with E-state index in [2.05, 4.69) is 17.2 Å². The van der Waals surface area contributed by atoms with Gasteiger partial charge in [0.15, 0.2) is 0 Å². The van der Waals surface area contributed by atoms with Crippen molar-refractivity contribution in [3.05, 3.63) is 29.1 Å². The molecule has 1 fully saturated rings. The molecule has 1 aliphatic carbocycles. The summed E-state index contributed by atoms with van der Waals surface area (Å²) in [6.07, 6.45) is -0.894. The summed E-state index contributed by atoms with van der Waals surface area (Å²) in [5.74, 6) is -0.245. The molecule has 0 bridgehead atoms. The molecule has 20 heavy (non-hydrogen) atoms. The van der Waals surface area contributed by atoms with Gasteiger partial charge in [-0.3, -0.25) is 4.98 Å². The fourth-order valence-corrected chi connectivity index (χ4v) is 2.48. The van der Waals surface area contributed by atoms with Crippen molar-refractivity contribution in [3.63, 3.8) is 0 Å². The molecular weight excluding hydrogens is 265 g/mol. The van der Waals surface area contributed by atoms with Crippen LogP contribution in [0.3, 0.4) is 0 Å². The second-order valence-electron chi connectivity index (χ2n) is 6.16. The first-order chi connectivity index (χ1) is 9.21. The van der Waals surface area contributed by atoms with Crippen LogP contribution in [-0.2, 0) is 12.7 Å². The molecule has 2 rings (SSSR count). The van der Waals surface area contributed by atoms with E-state index >= 15 is 0 Å². The third kappa shape index (κ3) is 3.32. The largest absolute Gasteiger partial charge is 0.418 e. The number of rotatable bonds is 4. The number of hydrogen-bond acceptors (Lipinski definition) is 2. The van der Waals surface area contributed by atoms with E-state index in [9.17, 15) is 13.2 Å². The zero-order valence-electron chi connectivity index (χ0n) is 12.1. The third-order valence-corrected chi connectivity index (χ3v) is 3.99. The van der Waals surface area contributed by atoms with Crippen LogP contribution < -0.4 is 5.32 Å². The highest BCUT2D eigenvalue weighted by Crippen LogP contribution is 2.35. The summed E-state index contributed by atoms with van der Waals surface area (Å²) in [4.78, 5) is 4.22. The molecule has 1 heterocycles. The van der Waals surface area contributed by atoms with Crippen LogP contribution in [0.15, 0.2) is 12.1 Å². The van der Waals surface area contributed by atoms with Gasteiger partial charge >= 0.3 is 6.18 Å². The average Bonchev–Trinajstić information content (AvgIpc) is 2.32. The van der Waals surface area contributed by atoms with Crippen LogP contribution in [0.25, 0.3) is 0 Å². The van der Waals surface area contributed by atoms with Crippen molar-refractivity contribution in [1.29, 1.82) is 0 Å². The normalized spacial score (nSPS) is 18.1. The Hall–Kier alpha value is -1.10. The number of aromatic nitrogens is 1. The molecule has 0 aliphatic heterocycles. The Labute approximate surface area is 117 Å². The lowest BCUT2D eigenvalue weighted by molar-refractivity contribution is -0.138. The van der Waals surface area contributed by atoms with Crippen LogP contribution in [-0.4, -0.2) is 10.5 Å². The molecule has 0 aromatic carbocycles. The molecule has 0 unspecified atom stereocenters. The van der Waals surface area contributed by atoms with Gasteiger partial charge in [-0.15, -0.1) is 0 Å². The fraction of sp³-hybridized carbons (Fsp3) is 0.667. The highest BCUT2D eigenvalue weighted by Gasteiger charge is 2.35. The Balaban J connectivity index is 2.17. The molecule has 0 atom stereocenters. The number of pyridine rings is 1. The molecule has 1 saturated carbocycles. The molecule has 1 aromatic rings. The predicted octanol–water partition coefficient (Wildman–Crippen LogP) is 4.26. The summed E-state index contributed by atoms with van der Waals surface area (Å²) in [7, 11) is 0. The zero-order chi connectivity index (χ0) is 15.0. The summed E-state index contributed by atoms with van der Waals surface area (Å²) in [6, 6.07) is 2.63. The maximum atomic E-state index is 12.9. The minimum absolute atomic E-state index is 0.127. The lowest BCUT2D eigenvalue weighted by Gasteiger charge is -2.39. The van der Waals surface area contributed by atoms with Crippen LogP contribution in [0.4, 0.5) is 13.2 Å². The van der Waals surface area contributed by atoms with E-state index in [-0.39, 0.29) is 17.2 Å². The van der Waals surface area contributed by atoms with Crippen molar-refractivity contribution in [2.45, 2.75) is 64.2 Å². The van der Waals surface area contributed by atoms with E-state index in [0.29, 0.717) is 12.2 Å². The quantitative estimate of drug-likeness (QED) is 0.894. The van der Waals surface area contributed by atoms with Gasteiger partial charge in [-0.05, 0) is 44.2 Å². The van der Waals surface area contributed by atoms with Gasteiger partial charge in [0.1, 0.15) is 0 Å². The van der Waals surface area contributed by atoms with Crippen LogP contribution in [0.5, 0.6) is 0 Å². The minimum Gasteiger partial charge on any atom is -0.306 e. The Bertz CT molecular complexity index is 476. The molecule has 0 radical (unpaired) electrons. The highest BCUT2D eigenvalue weighted by atomic mass is 19.4. The van der Waals surface area contributed by atoms with Gasteiger partial charge in [-0.25, -0.2) is 0 Å². The van der Waals surface area contributed by atoms with E-state index in [1.807, 2.05) is 0 Å². The maximum absolute atomic E-state index is 12.9. The molecule has 1 aliphatic rings. The standard InChI is InChI=1S/C15H21F3N2/c1-10(2)13-12(15(16,17)18)6-5-11(20-13)9-19-14(3)7-4-8-14/h5-6,10,19H,4,7-9H2,1-3H3. The first-order valence-corrected chi connectivity index (χ1v) is 7.03. The highest BCUT2D eigenvalue weighted by molar-refractivity contribution is 5.28. The van der Waals surface area contributed by atoms with Crippen molar-refractivity contribution in [3.8, 4) is 0 Å². The predicted molar refractivity (Wildman–Crippen MR) is 72.4 cm³/mol. The molecule has 0 spiro atoms. The summed E-state index contributed by atoms with van der Waals surface area (Å²) in [5, 5.41) is 3.39. The maximum Gasteiger partial charge on any atom is 0.418 e. The van der Waals surface area contributed by atoms with Crippen molar-refractivity contribution < 1.29 is 13.2 Å². The van der Waals surface area contributed by atoms with Crippen molar-refractivity contribution >= 4 is 0 Å². The summed E-state index contributed by atoms with van der Waals surface area (Å²) in [5.41, 5.74) is 0.319. The molecular formula is C15H21F3N2. The number of alkyl halides is 3. The second-order valence-corrected chi connectivity index (χ2v) is 6.16. The monoisotopic (exact) mass is 286 g/mol. The van der Waals surface area contributed by atoms with Crippen LogP contribution in [0, 0.1) is 0 Å². The van der Waals surface area contributed by atoms with E-state index < -0.39 is 11.7 Å². The van der Waals surface area contributed by atoms with E-state index in [4.69, 9.17) is 0 Å². The first-order valence-electron chi connectivity index (χ1n) is 7.03. The van der Waals surface area contributed by atoms with Gasteiger partial charge in [0.2, 0.25) is 0 Å². The Morgan fingerprint density at radius 2 is 1.95 bits per heavy atom. The lowest BCUT2D eigenvalue weighted by atomic mass is 9.78. The Morgan fingerprint density at radius 3 is 2.40 bits per heavy atom. The minimum atomic E-state index is -4.33. The van der Waals surface area contributed by atoms with Crippen LogP contribution in [0.2, 0.25) is 0 Å². The topological polar surface area (TPSA) is 24.9 Å². The van der Waals surface area contributed by atoms with Gasteiger partial charge in [0, 0.05) is 12.1 Å². The van der Waals surface area contributed by atoms with Crippen LogP contribution in [0.1, 0.15) is 62.9 Å². The van der Waals surface area contributed by atoms with Crippen molar-refractivity contribution in [1.82, 2.24) is 10.3 Å². The molecule has 0 amide bonds. The van der Waals surface area contributed by atoms with E-state index in [1.165, 1.54) is 12.5 Å². The second kappa shape index (κ2) is 5.35. The summed E-state index contributed by atoms with van der Waals surface area (Å²) in [6.45, 7) is 6.14. The summed E-state index contributed by atoms with van der Waals surface area (Å²) >= 11 is 0. The van der Waals surface area contributed by atoms with Crippen molar-refractivity contribution in [2.24, 2.45) is 0 Å². The molecule has 2 nitrogen and oxygen atoms in total. The third-order valence-electron chi connectivity index (χ3n) is 3.99. The lowest BCUT2D eigenvalue weighted by Crippen LogP contribution is -2.47. The van der Waals surface area contributed by atoms with Gasteiger partial charge in [0.25, 0.3) is 0 Å². The summed E-state index contributed by atoms with van der Waals surface area (Å²) < 4.78 is 38.8.